The summed E-state index contributed by atoms with van der Waals surface area (Å²) in [6.45, 7) is 3.86. The molecule has 3 heteroatoms. The summed E-state index contributed by atoms with van der Waals surface area (Å²) in [7, 11) is 0. The van der Waals surface area contributed by atoms with Crippen molar-refractivity contribution in [1.29, 1.82) is 5.41 Å². The minimum absolute atomic E-state index is 0.248. The highest BCUT2D eigenvalue weighted by Crippen LogP contribution is 2.48. The monoisotopic (exact) mass is 198 g/mol. The molecular formula is C11H22N2O. The van der Waals surface area contributed by atoms with Crippen molar-refractivity contribution in [1.82, 2.24) is 0 Å². The molecule has 1 rings (SSSR count). The van der Waals surface area contributed by atoms with Crippen molar-refractivity contribution in [2.45, 2.75) is 45.4 Å². The van der Waals surface area contributed by atoms with Gasteiger partial charge in [-0.25, -0.2) is 0 Å². The molecule has 0 radical (unpaired) electrons. The minimum Gasteiger partial charge on any atom is -0.388 e. The van der Waals surface area contributed by atoms with Crippen molar-refractivity contribution in [3.8, 4) is 0 Å². The van der Waals surface area contributed by atoms with Crippen LogP contribution < -0.4 is 5.73 Å². The summed E-state index contributed by atoms with van der Waals surface area (Å²) in [4.78, 5) is 0. The summed E-state index contributed by atoms with van der Waals surface area (Å²) in [5.74, 6) is 0.305. The van der Waals surface area contributed by atoms with Gasteiger partial charge in [-0.1, -0.05) is 19.8 Å². The van der Waals surface area contributed by atoms with Crippen LogP contribution in [0.4, 0.5) is 0 Å². The molecule has 1 saturated carbocycles. The molecule has 0 unspecified atom stereocenters. The Hall–Kier alpha value is -0.570. The molecule has 0 spiro atoms. The van der Waals surface area contributed by atoms with Crippen LogP contribution in [0.2, 0.25) is 0 Å². The molecule has 82 valence electrons. The molecule has 0 aromatic heterocycles. The molecule has 0 heterocycles. The van der Waals surface area contributed by atoms with E-state index in [1.165, 1.54) is 25.7 Å². The van der Waals surface area contributed by atoms with Gasteiger partial charge in [0.1, 0.15) is 0 Å². The number of hydrogen-bond acceptors (Lipinski definition) is 2. The van der Waals surface area contributed by atoms with Gasteiger partial charge >= 0.3 is 0 Å². The van der Waals surface area contributed by atoms with Crippen molar-refractivity contribution >= 4 is 5.84 Å². The van der Waals surface area contributed by atoms with Gasteiger partial charge in [-0.15, -0.1) is 0 Å². The van der Waals surface area contributed by atoms with Gasteiger partial charge in [-0.2, -0.15) is 0 Å². The van der Waals surface area contributed by atoms with Crippen LogP contribution in [0.5, 0.6) is 0 Å². The molecule has 0 aromatic rings. The van der Waals surface area contributed by atoms with Gasteiger partial charge in [0.25, 0.3) is 0 Å². The Labute approximate surface area is 86.5 Å². The molecular weight excluding hydrogens is 176 g/mol. The Kier molecular flexibility index (Phi) is 4.39. The summed E-state index contributed by atoms with van der Waals surface area (Å²) < 4.78 is 5.61. The van der Waals surface area contributed by atoms with Crippen LogP contribution in [0, 0.1) is 10.8 Å². The zero-order chi connectivity index (χ0) is 10.4. The molecule has 0 atom stereocenters. The lowest BCUT2D eigenvalue weighted by atomic mass is 10.0. The van der Waals surface area contributed by atoms with Crippen LogP contribution in [-0.4, -0.2) is 19.0 Å². The van der Waals surface area contributed by atoms with Crippen LogP contribution >= 0.6 is 0 Å². The maximum absolute atomic E-state index is 7.26. The SMILES string of the molecule is CCCCCOCC1(CC(=N)N)CC1. The van der Waals surface area contributed by atoms with Crippen LogP contribution in [0.1, 0.15) is 45.4 Å². The highest BCUT2D eigenvalue weighted by Gasteiger charge is 2.43. The van der Waals surface area contributed by atoms with Crippen molar-refractivity contribution in [3.05, 3.63) is 0 Å². The van der Waals surface area contributed by atoms with Crippen molar-refractivity contribution in [3.63, 3.8) is 0 Å². The van der Waals surface area contributed by atoms with Gasteiger partial charge in [0, 0.05) is 18.4 Å². The predicted molar refractivity (Wildman–Crippen MR) is 58.5 cm³/mol. The number of amidine groups is 1. The Morgan fingerprint density at radius 2 is 2.14 bits per heavy atom. The predicted octanol–water partition coefficient (Wildman–Crippen LogP) is 2.30. The van der Waals surface area contributed by atoms with E-state index in [0.717, 1.165) is 26.1 Å². The standard InChI is InChI=1S/C11H22N2O/c1-2-3-4-7-14-9-11(5-6-11)8-10(12)13/h2-9H2,1H3,(H3,12,13). The highest BCUT2D eigenvalue weighted by atomic mass is 16.5. The largest absolute Gasteiger partial charge is 0.388 e. The van der Waals surface area contributed by atoms with Crippen molar-refractivity contribution in [2.24, 2.45) is 11.1 Å². The zero-order valence-corrected chi connectivity index (χ0v) is 9.14. The van der Waals surface area contributed by atoms with E-state index in [9.17, 15) is 0 Å². The average molecular weight is 198 g/mol. The molecule has 0 saturated heterocycles. The molecule has 3 nitrogen and oxygen atoms in total. The maximum atomic E-state index is 7.26. The van der Waals surface area contributed by atoms with E-state index in [1.807, 2.05) is 0 Å². The van der Waals surface area contributed by atoms with E-state index in [4.69, 9.17) is 15.9 Å². The Bertz CT molecular complexity index is 188. The first kappa shape index (κ1) is 11.5. The quantitative estimate of drug-likeness (QED) is 0.357. The fourth-order valence-electron chi connectivity index (χ4n) is 1.70. The van der Waals surface area contributed by atoms with Crippen molar-refractivity contribution in [2.75, 3.05) is 13.2 Å². The van der Waals surface area contributed by atoms with Gasteiger partial charge in [-0.3, -0.25) is 5.41 Å². The molecule has 0 aliphatic heterocycles. The zero-order valence-electron chi connectivity index (χ0n) is 9.14. The smallest absolute Gasteiger partial charge is 0.0911 e. The lowest BCUT2D eigenvalue weighted by molar-refractivity contribution is 0.0895. The molecule has 0 aromatic carbocycles. The van der Waals surface area contributed by atoms with E-state index < -0.39 is 0 Å². The Balaban J connectivity index is 2.03. The average Bonchev–Trinajstić information content (AvgIpc) is 2.84. The Morgan fingerprint density at radius 1 is 1.43 bits per heavy atom. The summed E-state index contributed by atoms with van der Waals surface area (Å²) in [6, 6.07) is 0. The molecule has 1 aliphatic carbocycles. The normalized spacial score (nSPS) is 18.1. The third kappa shape index (κ3) is 4.09. The first-order valence-electron chi connectivity index (χ1n) is 5.59. The molecule has 14 heavy (non-hydrogen) atoms. The van der Waals surface area contributed by atoms with Crippen LogP contribution in [0.25, 0.3) is 0 Å². The lowest BCUT2D eigenvalue weighted by Gasteiger charge is -2.14. The van der Waals surface area contributed by atoms with E-state index in [0.29, 0.717) is 5.84 Å². The summed E-state index contributed by atoms with van der Waals surface area (Å²) in [5.41, 5.74) is 5.65. The van der Waals surface area contributed by atoms with E-state index in [-0.39, 0.29) is 5.41 Å². The highest BCUT2D eigenvalue weighted by molar-refractivity contribution is 5.78. The second-order valence-electron chi connectivity index (χ2n) is 4.46. The van der Waals surface area contributed by atoms with Crippen LogP contribution in [0.3, 0.4) is 0 Å². The van der Waals surface area contributed by atoms with E-state index >= 15 is 0 Å². The topological polar surface area (TPSA) is 59.1 Å². The third-order valence-electron chi connectivity index (χ3n) is 2.82. The van der Waals surface area contributed by atoms with E-state index in [1.54, 1.807) is 0 Å². The molecule has 1 fully saturated rings. The third-order valence-corrected chi connectivity index (χ3v) is 2.82. The summed E-state index contributed by atoms with van der Waals surface area (Å²) in [6.07, 6.45) is 6.73. The number of unbranched alkanes of at least 4 members (excludes halogenated alkanes) is 2. The van der Waals surface area contributed by atoms with Gasteiger partial charge in [0.05, 0.1) is 12.4 Å². The van der Waals surface area contributed by atoms with Gasteiger partial charge in [0.2, 0.25) is 0 Å². The van der Waals surface area contributed by atoms with Crippen LogP contribution in [0.15, 0.2) is 0 Å². The van der Waals surface area contributed by atoms with Crippen LogP contribution in [-0.2, 0) is 4.74 Å². The second kappa shape index (κ2) is 5.35. The molecule has 3 N–H and O–H groups in total. The number of rotatable bonds is 8. The van der Waals surface area contributed by atoms with Gasteiger partial charge < -0.3 is 10.5 Å². The van der Waals surface area contributed by atoms with Gasteiger partial charge in [0.15, 0.2) is 0 Å². The fraction of sp³-hybridized carbons (Fsp3) is 0.909. The molecule has 1 aliphatic rings. The number of ether oxygens (including phenoxy) is 1. The lowest BCUT2D eigenvalue weighted by Crippen LogP contribution is -2.20. The Morgan fingerprint density at radius 3 is 2.64 bits per heavy atom. The second-order valence-corrected chi connectivity index (χ2v) is 4.46. The first-order chi connectivity index (χ1) is 6.68. The molecule has 0 bridgehead atoms. The summed E-state index contributed by atoms with van der Waals surface area (Å²) >= 11 is 0. The maximum Gasteiger partial charge on any atom is 0.0911 e. The van der Waals surface area contributed by atoms with Gasteiger partial charge in [-0.05, 0) is 19.3 Å². The first-order valence-corrected chi connectivity index (χ1v) is 5.59. The minimum atomic E-state index is 0.248. The number of nitrogens with one attached hydrogen (secondary N) is 1. The summed E-state index contributed by atoms with van der Waals surface area (Å²) in [5, 5.41) is 7.26. The molecule has 0 amide bonds. The van der Waals surface area contributed by atoms with Crippen molar-refractivity contribution < 1.29 is 4.74 Å². The van der Waals surface area contributed by atoms with E-state index in [2.05, 4.69) is 6.92 Å². The number of hydrogen-bond donors (Lipinski definition) is 2. The number of nitrogens with two attached hydrogens (primary N) is 1. The fourth-order valence-corrected chi connectivity index (χ4v) is 1.70.